The van der Waals surface area contributed by atoms with Crippen molar-refractivity contribution in [3.63, 3.8) is 0 Å². The maximum atomic E-state index is 12.9. The molecule has 0 aromatic heterocycles. The zero-order chi connectivity index (χ0) is 10.7. The molecule has 1 aromatic carbocycles. The van der Waals surface area contributed by atoms with E-state index in [2.05, 4.69) is 4.74 Å². The van der Waals surface area contributed by atoms with Crippen LogP contribution in [-0.2, 0) is 4.74 Å². The predicted molar refractivity (Wildman–Crippen MR) is 47.9 cm³/mol. The first-order valence-corrected chi connectivity index (χ1v) is 3.93. The Labute approximate surface area is 80.5 Å². The van der Waals surface area contributed by atoms with E-state index in [1.807, 2.05) is 0 Å². The normalized spacial score (nSPS) is 9.64. The van der Waals surface area contributed by atoms with Crippen LogP contribution in [0.25, 0.3) is 0 Å². The quantitative estimate of drug-likeness (QED) is 0.534. The third-order valence-electron chi connectivity index (χ3n) is 1.85. The zero-order valence-electron chi connectivity index (χ0n) is 7.83. The van der Waals surface area contributed by atoms with E-state index in [-0.39, 0.29) is 11.1 Å². The van der Waals surface area contributed by atoms with Crippen LogP contribution in [0, 0.1) is 12.7 Å². The number of hydrogen-bond donors (Lipinski definition) is 0. The van der Waals surface area contributed by atoms with Crippen molar-refractivity contribution in [3.8, 4) is 0 Å². The van der Waals surface area contributed by atoms with Crippen LogP contribution < -0.4 is 0 Å². The lowest BCUT2D eigenvalue weighted by Crippen LogP contribution is -2.08. The molecule has 0 heterocycles. The highest BCUT2D eigenvalue weighted by Gasteiger charge is 2.15. The van der Waals surface area contributed by atoms with Gasteiger partial charge in [0.2, 0.25) is 0 Å². The molecule has 4 heteroatoms. The summed E-state index contributed by atoms with van der Waals surface area (Å²) in [6.07, 6.45) is 0.433. The van der Waals surface area contributed by atoms with Gasteiger partial charge in [0, 0.05) is 5.56 Å². The Morgan fingerprint density at radius 2 is 2.14 bits per heavy atom. The van der Waals surface area contributed by atoms with E-state index >= 15 is 0 Å². The Hall–Kier alpha value is -1.71. The lowest BCUT2D eigenvalue weighted by atomic mass is 10.0. The van der Waals surface area contributed by atoms with E-state index in [0.717, 1.165) is 6.07 Å². The number of aldehydes is 1. The van der Waals surface area contributed by atoms with Crippen LogP contribution in [0.5, 0.6) is 0 Å². The molecule has 74 valence electrons. The zero-order valence-corrected chi connectivity index (χ0v) is 7.83. The van der Waals surface area contributed by atoms with Crippen LogP contribution in [0.3, 0.4) is 0 Å². The van der Waals surface area contributed by atoms with Gasteiger partial charge in [-0.25, -0.2) is 9.18 Å². The molecule has 0 bridgehead atoms. The van der Waals surface area contributed by atoms with Gasteiger partial charge < -0.3 is 4.74 Å². The molecule has 0 saturated carbocycles. The Morgan fingerprint density at radius 3 is 2.64 bits per heavy atom. The predicted octanol–water partition coefficient (Wildman–Crippen LogP) is 1.73. The van der Waals surface area contributed by atoms with Gasteiger partial charge in [0.1, 0.15) is 5.82 Å². The van der Waals surface area contributed by atoms with Crippen LogP contribution in [0.1, 0.15) is 26.3 Å². The number of aryl methyl sites for hydroxylation is 1. The van der Waals surface area contributed by atoms with E-state index in [9.17, 15) is 14.0 Å². The van der Waals surface area contributed by atoms with Crippen molar-refractivity contribution in [2.24, 2.45) is 0 Å². The van der Waals surface area contributed by atoms with Gasteiger partial charge in [0.15, 0.2) is 6.29 Å². The Morgan fingerprint density at radius 1 is 1.50 bits per heavy atom. The smallest absolute Gasteiger partial charge is 0.338 e. The first-order chi connectivity index (χ1) is 6.60. The lowest BCUT2D eigenvalue weighted by molar-refractivity contribution is 0.0597. The van der Waals surface area contributed by atoms with Gasteiger partial charge in [0.25, 0.3) is 0 Å². The second-order valence-electron chi connectivity index (χ2n) is 2.80. The molecular weight excluding hydrogens is 187 g/mol. The van der Waals surface area contributed by atoms with Gasteiger partial charge in [-0.15, -0.1) is 0 Å². The fourth-order valence-corrected chi connectivity index (χ4v) is 1.24. The summed E-state index contributed by atoms with van der Waals surface area (Å²) in [5, 5.41) is 0. The maximum Gasteiger partial charge on any atom is 0.338 e. The highest BCUT2D eigenvalue weighted by Crippen LogP contribution is 2.16. The minimum Gasteiger partial charge on any atom is -0.465 e. The summed E-state index contributed by atoms with van der Waals surface area (Å²) in [6.45, 7) is 1.54. The molecule has 0 saturated heterocycles. The molecule has 1 rings (SSSR count). The molecule has 0 N–H and O–H groups in total. The number of carbonyl (C=O) groups excluding carboxylic acids is 2. The number of halogens is 1. The van der Waals surface area contributed by atoms with Crippen molar-refractivity contribution in [2.75, 3.05) is 7.11 Å². The highest BCUT2D eigenvalue weighted by atomic mass is 19.1. The molecule has 0 amide bonds. The molecule has 0 aliphatic carbocycles. The average Bonchev–Trinajstić information content (AvgIpc) is 2.15. The molecule has 1 aromatic rings. The van der Waals surface area contributed by atoms with E-state index < -0.39 is 11.8 Å². The Balaban J connectivity index is 3.39. The first-order valence-electron chi connectivity index (χ1n) is 3.93. The third kappa shape index (κ3) is 1.79. The van der Waals surface area contributed by atoms with E-state index in [1.165, 1.54) is 13.2 Å². The standard InChI is InChI=1S/C10H9FO3/c1-6-3-8(11)4-7(5-12)9(6)10(13)14-2/h3-5H,1-2H3. The Kier molecular flexibility index (Phi) is 2.96. The molecule has 0 spiro atoms. The van der Waals surface area contributed by atoms with E-state index in [1.54, 1.807) is 6.92 Å². The third-order valence-corrected chi connectivity index (χ3v) is 1.85. The number of ether oxygens (including phenoxy) is 1. The van der Waals surface area contributed by atoms with Crippen LogP contribution in [0.15, 0.2) is 12.1 Å². The van der Waals surface area contributed by atoms with Crippen molar-refractivity contribution < 1.29 is 18.7 Å². The summed E-state index contributed by atoms with van der Waals surface area (Å²) in [6, 6.07) is 2.19. The molecule has 0 unspecified atom stereocenters. The lowest BCUT2D eigenvalue weighted by Gasteiger charge is -2.06. The number of carbonyl (C=O) groups is 2. The summed E-state index contributed by atoms with van der Waals surface area (Å²) in [4.78, 5) is 21.8. The van der Waals surface area contributed by atoms with Crippen LogP contribution >= 0.6 is 0 Å². The molecule has 0 radical (unpaired) electrons. The van der Waals surface area contributed by atoms with Crippen molar-refractivity contribution in [2.45, 2.75) is 6.92 Å². The molecular formula is C10H9FO3. The fourth-order valence-electron chi connectivity index (χ4n) is 1.24. The SMILES string of the molecule is COC(=O)c1c(C)cc(F)cc1C=O. The first kappa shape index (κ1) is 10.4. The molecule has 0 aliphatic heterocycles. The number of esters is 1. The number of benzene rings is 1. The van der Waals surface area contributed by atoms with Gasteiger partial charge in [-0.05, 0) is 24.6 Å². The van der Waals surface area contributed by atoms with Gasteiger partial charge in [-0.1, -0.05) is 0 Å². The maximum absolute atomic E-state index is 12.9. The van der Waals surface area contributed by atoms with Crippen LogP contribution in [0.2, 0.25) is 0 Å². The minimum atomic E-state index is -0.635. The summed E-state index contributed by atoms with van der Waals surface area (Å²) < 4.78 is 17.3. The summed E-state index contributed by atoms with van der Waals surface area (Å²) in [7, 11) is 1.21. The van der Waals surface area contributed by atoms with Crippen molar-refractivity contribution in [3.05, 3.63) is 34.6 Å². The molecule has 0 atom stereocenters. The van der Waals surface area contributed by atoms with Crippen LogP contribution in [0.4, 0.5) is 4.39 Å². The molecule has 0 fully saturated rings. The largest absolute Gasteiger partial charge is 0.465 e. The topological polar surface area (TPSA) is 43.4 Å². The summed E-state index contributed by atoms with van der Waals surface area (Å²) in [5.74, 6) is -1.18. The van der Waals surface area contributed by atoms with Gasteiger partial charge in [0.05, 0.1) is 12.7 Å². The molecule has 0 aliphatic rings. The van der Waals surface area contributed by atoms with Crippen molar-refractivity contribution in [1.29, 1.82) is 0 Å². The molecule has 3 nitrogen and oxygen atoms in total. The number of methoxy groups -OCH3 is 1. The van der Waals surface area contributed by atoms with Gasteiger partial charge in [-0.3, -0.25) is 4.79 Å². The summed E-state index contributed by atoms with van der Waals surface area (Å²) >= 11 is 0. The second kappa shape index (κ2) is 4.00. The van der Waals surface area contributed by atoms with Gasteiger partial charge >= 0.3 is 5.97 Å². The van der Waals surface area contributed by atoms with Gasteiger partial charge in [-0.2, -0.15) is 0 Å². The van der Waals surface area contributed by atoms with Crippen molar-refractivity contribution in [1.82, 2.24) is 0 Å². The van der Waals surface area contributed by atoms with E-state index in [4.69, 9.17) is 0 Å². The minimum absolute atomic E-state index is 0.00866. The monoisotopic (exact) mass is 196 g/mol. The summed E-state index contributed by atoms with van der Waals surface area (Å²) in [5.41, 5.74) is 0.511. The average molecular weight is 196 g/mol. The van der Waals surface area contributed by atoms with Crippen molar-refractivity contribution >= 4 is 12.3 Å². The number of rotatable bonds is 2. The highest BCUT2D eigenvalue weighted by molar-refractivity contribution is 5.99. The molecule has 14 heavy (non-hydrogen) atoms. The Bertz CT molecular complexity index is 385. The van der Waals surface area contributed by atoms with Crippen LogP contribution in [-0.4, -0.2) is 19.4 Å². The fraction of sp³-hybridized carbons (Fsp3) is 0.200. The second-order valence-corrected chi connectivity index (χ2v) is 2.80. The number of hydrogen-bond acceptors (Lipinski definition) is 3. The van der Waals surface area contributed by atoms with E-state index in [0.29, 0.717) is 11.8 Å².